The molecule has 0 radical (unpaired) electrons. The standard InChI is InChI=1S/C27H38BN2O7P/c1-7-34-38(33,35-8-2)18-20-9-13-21(14-10-20)25(32)30-23(24(29)31)17-19-11-15-22(16-12-19)28-36-26(3,4)27(5,6)37-28/h9-16,23H,7-8,17-18H2,1-6H3,(H2,29,31)(H,30,32)/t23-/m1/s1. The van der Waals surface area contributed by atoms with Crippen LogP contribution in [0.1, 0.15) is 63.0 Å². The van der Waals surface area contributed by atoms with E-state index >= 15 is 0 Å². The second kappa shape index (κ2) is 12.1. The molecule has 1 fully saturated rings. The largest absolute Gasteiger partial charge is 0.494 e. The van der Waals surface area contributed by atoms with Crippen LogP contribution in [0.4, 0.5) is 0 Å². The van der Waals surface area contributed by atoms with Crippen LogP contribution in [0.2, 0.25) is 0 Å². The molecule has 38 heavy (non-hydrogen) atoms. The highest BCUT2D eigenvalue weighted by atomic mass is 31.2. The summed E-state index contributed by atoms with van der Waals surface area (Å²) in [6.07, 6.45) is 0.330. The summed E-state index contributed by atoms with van der Waals surface area (Å²) in [7, 11) is -3.74. The zero-order valence-corrected chi connectivity index (χ0v) is 23.9. The van der Waals surface area contributed by atoms with Gasteiger partial charge < -0.3 is 29.4 Å². The first-order chi connectivity index (χ1) is 17.8. The number of carbonyl (C=O) groups is 2. The van der Waals surface area contributed by atoms with Gasteiger partial charge in [-0.2, -0.15) is 0 Å². The van der Waals surface area contributed by atoms with Crippen molar-refractivity contribution >= 4 is 32.0 Å². The van der Waals surface area contributed by atoms with Crippen LogP contribution in [-0.4, -0.2) is 49.4 Å². The second-order valence-electron chi connectivity index (χ2n) is 10.3. The van der Waals surface area contributed by atoms with Gasteiger partial charge in [-0.15, -0.1) is 0 Å². The highest BCUT2D eigenvalue weighted by Crippen LogP contribution is 2.51. The van der Waals surface area contributed by atoms with Gasteiger partial charge in [0.2, 0.25) is 5.91 Å². The molecule has 0 spiro atoms. The molecule has 0 unspecified atom stereocenters. The summed E-state index contributed by atoms with van der Waals surface area (Å²) in [5, 5.41) is 2.71. The summed E-state index contributed by atoms with van der Waals surface area (Å²) in [6, 6.07) is 13.2. The smallest absolute Gasteiger partial charge is 0.399 e. The topological polar surface area (TPSA) is 126 Å². The predicted octanol–water partition coefficient (Wildman–Crippen LogP) is 3.58. The molecule has 3 rings (SSSR count). The van der Waals surface area contributed by atoms with Crippen molar-refractivity contribution < 1.29 is 32.5 Å². The van der Waals surface area contributed by atoms with Gasteiger partial charge in [0.15, 0.2) is 0 Å². The van der Waals surface area contributed by atoms with Gasteiger partial charge in [-0.25, -0.2) is 0 Å². The molecular weight excluding hydrogens is 506 g/mol. The number of amides is 2. The number of primary amides is 1. The zero-order valence-electron chi connectivity index (χ0n) is 23.0. The Morgan fingerprint density at radius 2 is 1.42 bits per heavy atom. The molecule has 206 valence electrons. The molecule has 1 atom stereocenters. The Morgan fingerprint density at radius 1 is 0.921 bits per heavy atom. The Kier molecular flexibility index (Phi) is 9.60. The minimum atomic E-state index is -3.26. The van der Waals surface area contributed by atoms with Gasteiger partial charge in [-0.3, -0.25) is 14.2 Å². The maximum Gasteiger partial charge on any atom is 0.494 e. The first-order valence-electron chi connectivity index (χ1n) is 12.8. The van der Waals surface area contributed by atoms with Gasteiger partial charge in [0.25, 0.3) is 5.91 Å². The van der Waals surface area contributed by atoms with Crippen molar-refractivity contribution in [3.63, 3.8) is 0 Å². The Bertz CT molecular complexity index is 1140. The molecular formula is C27H38BN2O7P. The van der Waals surface area contributed by atoms with Crippen LogP contribution in [0, 0.1) is 0 Å². The number of carbonyl (C=O) groups excluding carboxylic acids is 2. The van der Waals surface area contributed by atoms with Gasteiger partial charge >= 0.3 is 14.7 Å². The highest BCUT2D eigenvalue weighted by molar-refractivity contribution is 7.53. The number of benzene rings is 2. The Morgan fingerprint density at radius 3 is 1.89 bits per heavy atom. The van der Waals surface area contributed by atoms with E-state index in [0.717, 1.165) is 11.0 Å². The lowest BCUT2D eigenvalue weighted by atomic mass is 9.78. The lowest BCUT2D eigenvalue weighted by Gasteiger charge is -2.32. The SMILES string of the molecule is CCOP(=O)(Cc1ccc(C(=O)N[C@H](Cc2ccc(B3OC(C)(C)C(C)(C)O3)cc2)C(N)=O)cc1)OCC. The molecule has 0 saturated carbocycles. The first kappa shape index (κ1) is 30.1. The van der Waals surface area contributed by atoms with Crippen molar-refractivity contribution in [2.75, 3.05) is 13.2 Å². The van der Waals surface area contributed by atoms with E-state index in [2.05, 4.69) is 5.32 Å². The van der Waals surface area contributed by atoms with Crippen molar-refractivity contribution in [2.45, 2.75) is 71.4 Å². The van der Waals surface area contributed by atoms with E-state index in [-0.39, 0.29) is 25.8 Å². The van der Waals surface area contributed by atoms with Crippen LogP contribution in [0.15, 0.2) is 48.5 Å². The summed E-state index contributed by atoms with van der Waals surface area (Å²) >= 11 is 0. The van der Waals surface area contributed by atoms with Crippen molar-refractivity contribution in [1.29, 1.82) is 0 Å². The third-order valence-corrected chi connectivity index (χ3v) is 8.89. The number of nitrogens with two attached hydrogens (primary N) is 1. The molecule has 1 aliphatic heterocycles. The lowest BCUT2D eigenvalue weighted by Crippen LogP contribution is -2.45. The molecule has 1 heterocycles. The van der Waals surface area contributed by atoms with E-state index < -0.39 is 43.8 Å². The van der Waals surface area contributed by atoms with Gasteiger partial charge in [-0.05, 0) is 70.3 Å². The van der Waals surface area contributed by atoms with E-state index in [4.69, 9.17) is 24.1 Å². The minimum absolute atomic E-state index is 0.0996. The summed E-state index contributed by atoms with van der Waals surface area (Å²) in [6.45, 7) is 12.0. The van der Waals surface area contributed by atoms with Gasteiger partial charge in [0.1, 0.15) is 6.04 Å². The fourth-order valence-electron chi connectivity index (χ4n) is 4.00. The molecule has 1 saturated heterocycles. The fraction of sp³-hybridized carbons (Fsp3) is 0.481. The predicted molar refractivity (Wildman–Crippen MR) is 147 cm³/mol. The highest BCUT2D eigenvalue weighted by Gasteiger charge is 2.51. The van der Waals surface area contributed by atoms with E-state index in [1.54, 1.807) is 38.1 Å². The summed E-state index contributed by atoms with van der Waals surface area (Å²) in [5.74, 6) is -1.08. The zero-order chi connectivity index (χ0) is 28.1. The van der Waals surface area contributed by atoms with Crippen molar-refractivity contribution in [1.82, 2.24) is 5.32 Å². The van der Waals surface area contributed by atoms with Crippen LogP contribution >= 0.6 is 7.60 Å². The molecule has 2 aromatic rings. The Balaban J connectivity index is 1.63. The van der Waals surface area contributed by atoms with Crippen molar-refractivity contribution in [3.8, 4) is 0 Å². The average molecular weight is 544 g/mol. The van der Waals surface area contributed by atoms with Gasteiger partial charge in [-0.1, -0.05) is 36.4 Å². The minimum Gasteiger partial charge on any atom is -0.399 e. The third kappa shape index (κ3) is 7.33. The Hall–Kier alpha value is -2.49. The number of rotatable bonds is 12. The normalized spacial score (nSPS) is 17.3. The molecule has 11 heteroatoms. The Labute approximate surface area is 225 Å². The molecule has 2 amide bonds. The van der Waals surface area contributed by atoms with Gasteiger partial charge in [0, 0.05) is 12.0 Å². The van der Waals surface area contributed by atoms with E-state index in [0.29, 0.717) is 11.1 Å². The fourth-order valence-corrected chi connectivity index (χ4v) is 5.70. The maximum atomic E-state index is 12.8. The number of nitrogens with one attached hydrogen (secondary N) is 1. The quantitative estimate of drug-likeness (QED) is 0.309. The third-order valence-electron chi connectivity index (χ3n) is 6.84. The molecule has 0 aliphatic carbocycles. The molecule has 9 nitrogen and oxygen atoms in total. The van der Waals surface area contributed by atoms with Crippen LogP contribution in [0.5, 0.6) is 0 Å². The van der Waals surface area contributed by atoms with Crippen LogP contribution in [-0.2, 0) is 40.3 Å². The lowest BCUT2D eigenvalue weighted by molar-refractivity contribution is -0.119. The average Bonchev–Trinajstić information content (AvgIpc) is 3.06. The van der Waals surface area contributed by atoms with Gasteiger partial charge in [0.05, 0.1) is 30.6 Å². The molecule has 1 aliphatic rings. The van der Waals surface area contributed by atoms with Crippen LogP contribution in [0.3, 0.4) is 0 Å². The molecule has 3 N–H and O–H groups in total. The summed E-state index contributed by atoms with van der Waals surface area (Å²) in [4.78, 5) is 25.0. The monoisotopic (exact) mass is 544 g/mol. The van der Waals surface area contributed by atoms with E-state index in [1.807, 2.05) is 52.0 Å². The molecule has 0 aromatic heterocycles. The number of hydrogen-bond acceptors (Lipinski definition) is 7. The van der Waals surface area contributed by atoms with E-state index in [1.165, 1.54) is 0 Å². The second-order valence-corrected chi connectivity index (χ2v) is 12.3. The van der Waals surface area contributed by atoms with E-state index in [9.17, 15) is 14.2 Å². The number of hydrogen-bond donors (Lipinski definition) is 2. The maximum absolute atomic E-state index is 12.8. The van der Waals surface area contributed by atoms with Crippen molar-refractivity contribution in [3.05, 3.63) is 65.2 Å². The molecule has 2 aromatic carbocycles. The summed E-state index contributed by atoms with van der Waals surface area (Å²) < 4.78 is 35.6. The molecule has 0 bridgehead atoms. The summed E-state index contributed by atoms with van der Waals surface area (Å²) in [5.41, 5.74) is 7.46. The van der Waals surface area contributed by atoms with Crippen LogP contribution in [0.25, 0.3) is 0 Å². The van der Waals surface area contributed by atoms with Crippen molar-refractivity contribution in [2.24, 2.45) is 5.73 Å². The van der Waals surface area contributed by atoms with Crippen LogP contribution < -0.4 is 16.5 Å². The first-order valence-corrected chi connectivity index (χ1v) is 14.5.